The summed E-state index contributed by atoms with van der Waals surface area (Å²) in [7, 11) is 2.53. The van der Waals surface area contributed by atoms with Crippen molar-refractivity contribution in [3.8, 4) is 11.5 Å². The number of carbonyl (C=O) groups is 2. The van der Waals surface area contributed by atoms with E-state index in [0.717, 1.165) is 6.07 Å². The third-order valence-electron chi connectivity index (χ3n) is 2.54. The van der Waals surface area contributed by atoms with Gasteiger partial charge in [-0.2, -0.15) is 0 Å². The number of methoxy groups -OCH3 is 2. The summed E-state index contributed by atoms with van der Waals surface area (Å²) in [6, 6.07) is 2.33. The maximum absolute atomic E-state index is 11.8. The van der Waals surface area contributed by atoms with Crippen LogP contribution in [-0.4, -0.2) is 36.0 Å². The maximum Gasteiger partial charge on any atom is 0.315 e. The number of nitro benzene ring substituents is 1. The molecule has 20 heavy (non-hydrogen) atoms. The second-order valence-corrected chi connectivity index (χ2v) is 3.80. The predicted octanol–water partition coefficient (Wildman–Crippen LogP) is 1.66. The summed E-state index contributed by atoms with van der Waals surface area (Å²) in [6.45, 7) is 0. The van der Waals surface area contributed by atoms with Crippen molar-refractivity contribution in [1.29, 1.82) is 0 Å². The minimum atomic E-state index is -1.12. The van der Waals surface area contributed by atoms with Gasteiger partial charge in [-0.25, -0.2) is 0 Å². The molecule has 0 saturated carbocycles. The van der Waals surface area contributed by atoms with E-state index in [2.05, 4.69) is 0 Å². The van der Waals surface area contributed by atoms with Gasteiger partial charge >= 0.3 is 11.7 Å². The Balaban J connectivity index is 3.21. The first-order chi connectivity index (χ1) is 9.40. The molecule has 0 unspecified atom stereocenters. The normalized spacial score (nSPS) is 9.90. The van der Waals surface area contributed by atoms with Crippen molar-refractivity contribution in [2.45, 2.75) is 12.8 Å². The van der Waals surface area contributed by atoms with Gasteiger partial charge in [-0.05, 0) is 6.07 Å². The summed E-state index contributed by atoms with van der Waals surface area (Å²) in [5.74, 6) is -1.68. The third kappa shape index (κ3) is 3.44. The van der Waals surface area contributed by atoms with Crippen molar-refractivity contribution in [3.63, 3.8) is 0 Å². The van der Waals surface area contributed by atoms with E-state index in [1.165, 1.54) is 20.3 Å². The number of carboxylic acid groups (broad SMARTS) is 1. The number of ketones is 1. The number of benzene rings is 1. The Hall–Kier alpha value is -2.64. The van der Waals surface area contributed by atoms with Crippen molar-refractivity contribution in [3.05, 3.63) is 27.8 Å². The van der Waals surface area contributed by atoms with Crippen molar-refractivity contribution in [2.75, 3.05) is 14.2 Å². The Morgan fingerprint density at radius 3 is 2.35 bits per heavy atom. The zero-order valence-corrected chi connectivity index (χ0v) is 10.9. The molecule has 0 amide bonds. The second-order valence-electron chi connectivity index (χ2n) is 3.80. The van der Waals surface area contributed by atoms with Gasteiger partial charge in [0, 0.05) is 18.1 Å². The van der Waals surface area contributed by atoms with E-state index in [1.54, 1.807) is 0 Å². The highest BCUT2D eigenvalue weighted by Crippen LogP contribution is 2.38. The average molecular weight is 283 g/mol. The molecule has 1 aromatic carbocycles. The van der Waals surface area contributed by atoms with Crippen LogP contribution in [0.3, 0.4) is 0 Å². The number of carbonyl (C=O) groups excluding carboxylic acids is 1. The number of carboxylic acids is 1. The number of aliphatic carboxylic acids is 1. The Bertz CT molecular complexity index is 553. The van der Waals surface area contributed by atoms with Crippen LogP contribution in [-0.2, 0) is 4.79 Å². The quantitative estimate of drug-likeness (QED) is 0.459. The molecule has 0 saturated heterocycles. The number of ether oxygens (including phenoxy) is 2. The summed E-state index contributed by atoms with van der Waals surface area (Å²) in [6.07, 6.45) is -0.594. The lowest BCUT2D eigenvalue weighted by atomic mass is 10.0. The van der Waals surface area contributed by atoms with Crippen molar-refractivity contribution < 1.29 is 29.1 Å². The first-order valence-electron chi connectivity index (χ1n) is 5.56. The molecule has 0 aliphatic carbocycles. The summed E-state index contributed by atoms with van der Waals surface area (Å²) in [5.41, 5.74) is -0.402. The largest absolute Gasteiger partial charge is 0.493 e. The van der Waals surface area contributed by atoms with Gasteiger partial charge in [0.15, 0.2) is 11.5 Å². The van der Waals surface area contributed by atoms with Crippen LogP contribution < -0.4 is 9.47 Å². The fourth-order valence-corrected chi connectivity index (χ4v) is 1.61. The van der Waals surface area contributed by atoms with Gasteiger partial charge < -0.3 is 14.6 Å². The molecule has 8 nitrogen and oxygen atoms in total. The number of rotatable bonds is 7. The van der Waals surface area contributed by atoms with E-state index >= 15 is 0 Å². The van der Waals surface area contributed by atoms with Gasteiger partial charge in [0.2, 0.25) is 5.75 Å². The number of hydrogen-bond donors (Lipinski definition) is 1. The first-order valence-corrected chi connectivity index (χ1v) is 5.56. The lowest BCUT2D eigenvalue weighted by Gasteiger charge is -2.09. The highest BCUT2D eigenvalue weighted by atomic mass is 16.6. The Labute approximate surface area is 114 Å². The smallest absolute Gasteiger partial charge is 0.315 e. The molecule has 0 aromatic heterocycles. The number of Topliss-reactive ketones (excluding diaryl/α,β-unsaturated/α-hetero) is 1. The zero-order valence-electron chi connectivity index (χ0n) is 10.9. The SMILES string of the molecule is COc1cc(C(=O)CCC(=O)O)cc([N+](=O)[O-])c1OC. The number of nitrogens with zero attached hydrogens (tertiary/aromatic N) is 1. The van der Waals surface area contributed by atoms with E-state index < -0.39 is 22.4 Å². The van der Waals surface area contributed by atoms with Crippen LogP contribution in [0.25, 0.3) is 0 Å². The van der Waals surface area contributed by atoms with E-state index in [-0.39, 0.29) is 29.9 Å². The highest BCUT2D eigenvalue weighted by molar-refractivity contribution is 5.98. The van der Waals surface area contributed by atoms with Crippen LogP contribution >= 0.6 is 0 Å². The van der Waals surface area contributed by atoms with Crippen LogP contribution in [0, 0.1) is 10.1 Å². The van der Waals surface area contributed by atoms with Crippen LogP contribution in [0.5, 0.6) is 11.5 Å². The molecule has 8 heteroatoms. The molecular formula is C12H13NO7. The topological polar surface area (TPSA) is 116 Å². The number of nitro groups is 1. The monoisotopic (exact) mass is 283 g/mol. The molecule has 0 aliphatic rings. The van der Waals surface area contributed by atoms with E-state index in [0.29, 0.717) is 0 Å². The Morgan fingerprint density at radius 1 is 1.25 bits per heavy atom. The molecule has 0 bridgehead atoms. The van der Waals surface area contributed by atoms with Crippen LogP contribution in [0.15, 0.2) is 12.1 Å². The number of hydrogen-bond acceptors (Lipinski definition) is 6. The van der Waals surface area contributed by atoms with Crippen molar-refractivity contribution >= 4 is 17.4 Å². The molecule has 1 rings (SSSR count). The van der Waals surface area contributed by atoms with Gasteiger partial charge in [-0.1, -0.05) is 0 Å². The molecular weight excluding hydrogens is 270 g/mol. The van der Waals surface area contributed by atoms with E-state index in [9.17, 15) is 19.7 Å². The van der Waals surface area contributed by atoms with Crippen LogP contribution in [0.1, 0.15) is 23.2 Å². The molecule has 0 heterocycles. The molecule has 0 radical (unpaired) electrons. The maximum atomic E-state index is 11.8. The second kappa shape index (κ2) is 6.50. The molecule has 0 aliphatic heterocycles. The van der Waals surface area contributed by atoms with Gasteiger partial charge in [-0.15, -0.1) is 0 Å². The highest BCUT2D eigenvalue weighted by Gasteiger charge is 2.23. The third-order valence-corrected chi connectivity index (χ3v) is 2.54. The molecule has 0 fully saturated rings. The molecule has 108 valence electrons. The predicted molar refractivity (Wildman–Crippen MR) is 67.4 cm³/mol. The summed E-state index contributed by atoms with van der Waals surface area (Å²) in [4.78, 5) is 32.5. The minimum absolute atomic E-state index is 0.00981. The molecule has 0 atom stereocenters. The van der Waals surface area contributed by atoms with E-state index in [4.69, 9.17) is 14.6 Å². The van der Waals surface area contributed by atoms with Crippen LogP contribution in [0.2, 0.25) is 0 Å². The van der Waals surface area contributed by atoms with E-state index in [1.807, 2.05) is 0 Å². The van der Waals surface area contributed by atoms with Gasteiger partial charge in [-0.3, -0.25) is 19.7 Å². The van der Waals surface area contributed by atoms with Crippen LogP contribution in [0.4, 0.5) is 5.69 Å². The fourth-order valence-electron chi connectivity index (χ4n) is 1.61. The summed E-state index contributed by atoms with van der Waals surface area (Å²) >= 11 is 0. The Kier molecular flexibility index (Phi) is 5.01. The zero-order chi connectivity index (χ0) is 15.3. The standard InChI is InChI=1S/C12H13NO7/c1-19-10-6-7(9(14)3-4-11(15)16)5-8(13(17)18)12(10)20-2/h5-6H,3-4H2,1-2H3,(H,15,16). The molecule has 1 aromatic rings. The minimum Gasteiger partial charge on any atom is -0.493 e. The average Bonchev–Trinajstić information content (AvgIpc) is 2.42. The van der Waals surface area contributed by atoms with Crippen molar-refractivity contribution in [1.82, 2.24) is 0 Å². The summed E-state index contributed by atoms with van der Waals surface area (Å²) < 4.78 is 9.84. The lowest BCUT2D eigenvalue weighted by molar-refractivity contribution is -0.385. The Morgan fingerprint density at radius 2 is 1.90 bits per heavy atom. The van der Waals surface area contributed by atoms with Crippen molar-refractivity contribution in [2.24, 2.45) is 0 Å². The van der Waals surface area contributed by atoms with Gasteiger partial charge in [0.1, 0.15) is 0 Å². The first kappa shape index (κ1) is 15.4. The van der Waals surface area contributed by atoms with Gasteiger partial charge in [0.05, 0.1) is 25.6 Å². The molecule has 1 N–H and O–H groups in total. The summed E-state index contributed by atoms with van der Waals surface area (Å²) in [5, 5.41) is 19.5. The molecule has 0 spiro atoms. The fraction of sp³-hybridized carbons (Fsp3) is 0.333. The lowest BCUT2D eigenvalue weighted by Crippen LogP contribution is -2.06. The van der Waals surface area contributed by atoms with Gasteiger partial charge in [0.25, 0.3) is 0 Å².